The molecule has 1 aromatic heterocycles. The Kier molecular flexibility index (Phi) is 5.37. The van der Waals surface area contributed by atoms with E-state index < -0.39 is 5.82 Å². The lowest BCUT2D eigenvalue weighted by atomic mass is 10.1. The maximum atomic E-state index is 13.5. The summed E-state index contributed by atoms with van der Waals surface area (Å²) < 4.78 is 19.4. The van der Waals surface area contributed by atoms with Crippen molar-refractivity contribution in [3.63, 3.8) is 0 Å². The molecular formula is C22H21FN4O2. The standard InChI is InChI=1S/C22H21FN4O2/c23-15-5-10-20-14(11-15)12-19(22(28)26-20)21(27-24)13-25-16-6-8-18(9-7-16)29-17-3-1-2-4-17/h5-13,17H,1-4,24H2,(H,26,28). The summed E-state index contributed by atoms with van der Waals surface area (Å²) in [5.74, 6) is 5.90. The van der Waals surface area contributed by atoms with Crippen molar-refractivity contribution < 1.29 is 9.13 Å². The van der Waals surface area contributed by atoms with Gasteiger partial charge in [-0.05, 0) is 74.2 Å². The SMILES string of the molecule is NN=C(C=Nc1ccc(OC2CCCC2)cc1)c1cc2cc(F)ccc2[nH]c1=O. The van der Waals surface area contributed by atoms with Crippen LogP contribution in [0.2, 0.25) is 0 Å². The lowest BCUT2D eigenvalue weighted by Gasteiger charge is -2.12. The lowest BCUT2D eigenvalue weighted by molar-refractivity contribution is 0.210. The number of aliphatic imine (C=N–C) groups is 1. The number of hydrazone groups is 1. The van der Waals surface area contributed by atoms with Gasteiger partial charge in [0.05, 0.1) is 23.6 Å². The smallest absolute Gasteiger partial charge is 0.258 e. The summed E-state index contributed by atoms with van der Waals surface area (Å²) in [7, 11) is 0. The Balaban J connectivity index is 1.54. The zero-order chi connectivity index (χ0) is 20.2. The monoisotopic (exact) mass is 392 g/mol. The summed E-state index contributed by atoms with van der Waals surface area (Å²) in [4.78, 5) is 19.4. The van der Waals surface area contributed by atoms with Gasteiger partial charge in [-0.15, -0.1) is 0 Å². The molecule has 29 heavy (non-hydrogen) atoms. The number of nitrogens with zero attached hydrogens (tertiary/aromatic N) is 2. The van der Waals surface area contributed by atoms with Crippen LogP contribution in [0.3, 0.4) is 0 Å². The van der Waals surface area contributed by atoms with Crippen LogP contribution in [0, 0.1) is 5.82 Å². The molecule has 0 radical (unpaired) electrons. The van der Waals surface area contributed by atoms with E-state index in [1.165, 1.54) is 37.3 Å². The van der Waals surface area contributed by atoms with E-state index in [4.69, 9.17) is 10.6 Å². The van der Waals surface area contributed by atoms with Gasteiger partial charge in [-0.1, -0.05) is 0 Å². The molecule has 4 rings (SSSR count). The van der Waals surface area contributed by atoms with Crippen molar-refractivity contribution in [2.75, 3.05) is 0 Å². The van der Waals surface area contributed by atoms with Crippen LogP contribution in [0.5, 0.6) is 5.75 Å². The van der Waals surface area contributed by atoms with Crippen LogP contribution in [0.15, 0.2) is 63.4 Å². The number of halogens is 1. The van der Waals surface area contributed by atoms with Gasteiger partial charge in [0.2, 0.25) is 0 Å². The molecule has 0 amide bonds. The third-order valence-corrected chi connectivity index (χ3v) is 5.00. The van der Waals surface area contributed by atoms with Gasteiger partial charge < -0.3 is 15.6 Å². The van der Waals surface area contributed by atoms with Gasteiger partial charge in [0, 0.05) is 10.9 Å². The van der Waals surface area contributed by atoms with Crippen molar-refractivity contribution in [3.05, 3.63) is 70.3 Å². The van der Waals surface area contributed by atoms with Crippen molar-refractivity contribution in [1.82, 2.24) is 4.98 Å². The summed E-state index contributed by atoms with van der Waals surface area (Å²) in [5.41, 5.74) is 1.25. The summed E-state index contributed by atoms with van der Waals surface area (Å²) in [6, 6.07) is 13.1. The molecule has 1 saturated carbocycles. The first-order valence-corrected chi connectivity index (χ1v) is 9.54. The number of nitrogens with one attached hydrogen (secondary N) is 1. The number of H-pyrrole nitrogens is 1. The fourth-order valence-electron chi connectivity index (χ4n) is 3.49. The number of hydrogen-bond acceptors (Lipinski definition) is 5. The number of nitrogens with two attached hydrogens (primary N) is 1. The van der Waals surface area contributed by atoms with Crippen LogP contribution in [0.25, 0.3) is 10.9 Å². The average molecular weight is 392 g/mol. The highest BCUT2D eigenvalue weighted by Gasteiger charge is 2.16. The Labute approximate surface area is 166 Å². The maximum absolute atomic E-state index is 13.5. The number of aromatic amines is 1. The maximum Gasteiger partial charge on any atom is 0.258 e. The van der Waals surface area contributed by atoms with E-state index in [0.717, 1.165) is 18.6 Å². The highest BCUT2D eigenvalue weighted by molar-refractivity contribution is 6.38. The Morgan fingerprint density at radius 1 is 1.14 bits per heavy atom. The molecule has 0 atom stereocenters. The molecule has 0 saturated heterocycles. The summed E-state index contributed by atoms with van der Waals surface area (Å²) in [6.45, 7) is 0. The average Bonchev–Trinajstić information content (AvgIpc) is 3.23. The van der Waals surface area contributed by atoms with Crippen LogP contribution >= 0.6 is 0 Å². The second-order valence-corrected chi connectivity index (χ2v) is 7.03. The van der Waals surface area contributed by atoms with Crippen molar-refractivity contribution >= 4 is 28.5 Å². The first-order valence-electron chi connectivity index (χ1n) is 9.54. The number of hydrogen-bond donors (Lipinski definition) is 2. The molecule has 0 unspecified atom stereocenters. The largest absolute Gasteiger partial charge is 0.490 e. The third-order valence-electron chi connectivity index (χ3n) is 5.00. The van der Waals surface area contributed by atoms with E-state index in [9.17, 15) is 9.18 Å². The van der Waals surface area contributed by atoms with Gasteiger partial charge in [0.15, 0.2) is 0 Å². The molecular weight excluding hydrogens is 371 g/mol. The Morgan fingerprint density at radius 2 is 1.90 bits per heavy atom. The number of benzene rings is 2. The molecule has 0 bridgehead atoms. The van der Waals surface area contributed by atoms with Gasteiger partial charge in [0.25, 0.3) is 5.56 Å². The molecule has 0 spiro atoms. The Bertz CT molecular complexity index is 1130. The molecule has 2 aromatic carbocycles. The molecule has 3 aromatic rings. The summed E-state index contributed by atoms with van der Waals surface area (Å²) in [6.07, 6.45) is 6.34. The van der Waals surface area contributed by atoms with Gasteiger partial charge >= 0.3 is 0 Å². The van der Waals surface area contributed by atoms with Crippen molar-refractivity contribution in [3.8, 4) is 5.75 Å². The quantitative estimate of drug-likeness (QED) is 0.390. The minimum Gasteiger partial charge on any atom is -0.490 e. The zero-order valence-electron chi connectivity index (χ0n) is 15.8. The molecule has 3 N–H and O–H groups in total. The zero-order valence-corrected chi connectivity index (χ0v) is 15.8. The highest BCUT2D eigenvalue weighted by atomic mass is 19.1. The van der Waals surface area contributed by atoms with E-state index in [2.05, 4.69) is 15.1 Å². The predicted octanol–water partition coefficient (Wildman–Crippen LogP) is 4.05. The van der Waals surface area contributed by atoms with Crippen LogP contribution in [-0.4, -0.2) is 23.0 Å². The molecule has 6 nitrogen and oxygen atoms in total. The minimum absolute atomic E-state index is 0.198. The molecule has 1 aliphatic rings. The fraction of sp³-hybridized carbons (Fsp3) is 0.227. The van der Waals surface area contributed by atoms with Crippen molar-refractivity contribution in [2.24, 2.45) is 15.9 Å². The number of ether oxygens (including phenoxy) is 1. The van der Waals surface area contributed by atoms with Crippen LogP contribution in [-0.2, 0) is 0 Å². The summed E-state index contributed by atoms with van der Waals surface area (Å²) >= 11 is 0. The molecule has 1 fully saturated rings. The minimum atomic E-state index is -0.393. The van der Waals surface area contributed by atoms with Gasteiger partial charge in [-0.25, -0.2) is 4.39 Å². The second kappa shape index (κ2) is 8.26. The van der Waals surface area contributed by atoms with E-state index in [1.54, 1.807) is 6.07 Å². The topological polar surface area (TPSA) is 92.8 Å². The van der Waals surface area contributed by atoms with Crippen LogP contribution < -0.4 is 16.1 Å². The van der Waals surface area contributed by atoms with E-state index in [-0.39, 0.29) is 16.8 Å². The number of aromatic nitrogens is 1. The lowest BCUT2D eigenvalue weighted by Crippen LogP contribution is -2.20. The van der Waals surface area contributed by atoms with Gasteiger partial charge in [0.1, 0.15) is 17.3 Å². The molecule has 7 heteroatoms. The third kappa shape index (κ3) is 4.34. The molecule has 0 aliphatic heterocycles. The predicted molar refractivity (Wildman–Crippen MR) is 113 cm³/mol. The first kappa shape index (κ1) is 18.9. The number of rotatable bonds is 5. The first-order chi connectivity index (χ1) is 14.1. The normalized spacial score (nSPS) is 15.4. The number of fused-ring (bicyclic) bond motifs is 1. The van der Waals surface area contributed by atoms with Gasteiger partial charge in [-0.2, -0.15) is 5.10 Å². The highest BCUT2D eigenvalue weighted by Crippen LogP contribution is 2.25. The van der Waals surface area contributed by atoms with Gasteiger partial charge in [-0.3, -0.25) is 9.79 Å². The van der Waals surface area contributed by atoms with E-state index >= 15 is 0 Å². The fourth-order valence-corrected chi connectivity index (χ4v) is 3.49. The van der Waals surface area contributed by atoms with E-state index in [1.807, 2.05) is 24.3 Å². The van der Waals surface area contributed by atoms with Crippen LogP contribution in [0.4, 0.5) is 10.1 Å². The second-order valence-electron chi connectivity index (χ2n) is 7.03. The van der Waals surface area contributed by atoms with Crippen molar-refractivity contribution in [2.45, 2.75) is 31.8 Å². The number of pyridine rings is 1. The van der Waals surface area contributed by atoms with Crippen molar-refractivity contribution in [1.29, 1.82) is 0 Å². The molecule has 148 valence electrons. The molecule has 1 aliphatic carbocycles. The van der Waals surface area contributed by atoms with E-state index in [0.29, 0.717) is 22.7 Å². The Morgan fingerprint density at radius 3 is 2.62 bits per heavy atom. The molecule has 1 heterocycles. The Hall–Kier alpha value is -3.48. The summed E-state index contributed by atoms with van der Waals surface area (Å²) in [5, 5.41) is 4.22. The van der Waals surface area contributed by atoms with Crippen LogP contribution in [0.1, 0.15) is 31.2 Å².